The third-order valence-electron chi connectivity index (χ3n) is 5.61. The van der Waals surface area contributed by atoms with E-state index in [4.69, 9.17) is 21.1 Å². The first-order valence-corrected chi connectivity index (χ1v) is 13.2. The number of halogens is 1. The number of pyridine rings is 2. The monoisotopic (exact) mass is 558 g/mol. The molecule has 2 amide bonds. The Morgan fingerprint density at radius 3 is 2.42 bits per heavy atom. The van der Waals surface area contributed by atoms with Crippen molar-refractivity contribution < 1.29 is 19.1 Å². The van der Waals surface area contributed by atoms with E-state index >= 15 is 0 Å². The third-order valence-corrected chi connectivity index (χ3v) is 5.87. The standard InChI is InChI=1S/C31H31ClN4O4/c1-20-8-14-25(21-9-11-22(32)12-10-21)26(18-20)29(37)35-24-13-15-28(33-19-24)39-17-16-23-6-5-7-27(34-23)36-30(38)40-31(2,3)4/h5-15,18-19H,16-17H2,1-4H3,(H,35,37)(H,34,36,38). The van der Waals surface area contributed by atoms with Crippen molar-refractivity contribution in [1.82, 2.24) is 9.97 Å². The molecule has 8 nitrogen and oxygen atoms in total. The molecule has 4 aromatic rings. The van der Waals surface area contributed by atoms with Crippen LogP contribution in [-0.2, 0) is 11.2 Å². The highest BCUT2D eigenvalue weighted by Gasteiger charge is 2.17. The summed E-state index contributed by atoms with van der Waals surface area (Å²) in [5.41, 5.74) is 3.94. The average molecular weight is 559 g/mol. The Kier molecular flexibility index (Phi) is 9.01. The number of nitrogens with zero attached hydrogens (tertiary/aromatic N) is 2. The largest absolute Gasteiger partial charge is 0.477 e. The average Bonchev–Trinajstić information content (AvgIpc) is 2.89. The highest BCUT2D eigenvalue weighted by Crippen LogP contribution is 2.27. The maximum absolute atomic E-state index is 13.2. The number of anilines is 2. The van der Waals surface area contributed by atoms with Crippen LogP contribution in [0.2, 0.25) is 5.02 Å². The Labute approximate surface area is 238 Å². The molecule has 0 unspecified atom stereocenters. The molecule has 0 bridgehead atoms. The molecule has 0 spiro atoms. The molecule has 206 valence electrons. The lowest BCUT2D eigenvalue weighted by atomic mass is 9.97. The Bertz CT molecular complexity index is 1480. The number of rotatable bonds is 8. The van der Waals surface area contributed by atoms with Gasteiger partial charge in [-0.25, -0.2) is 14.8 Å². The van der Waals surface area contributed by atoms with Crippen LogP contribution >= 0.6 is 11.6 Å². The van der Waals surface area contributed by atoms with Crippen LogP contribution in [0.25, 0.3) is 11.1 Å². The molecular weight excluding hydrogens is 528 g/mol. The van der Waals surface area contributed by atoms with E-state index in [0.29, 0.717) is 41.0 Å². The first-order chi connectivity index (χ1) is 19.1. The summed E-state index contributed by atoms with van der Waals surface area (Å²) in [6, 6.07) is 21.9. The fraction of sp³-hybridized carbons (Fsp3) is 0.226. The van der Waals surface area contributed by atoms with Gasteiger partial charge in [-0.2, -0.15) is 0 Å². The minimum Gasteiger partial charge on any atom is -0.477 e. The number of aromatic nitrogens is 2. The van der Waals surface area contributed by atoms with Crippen molar-refractivity contribution in [3.8, 4) is 17.0 Å². The van der Waals surface area contributed by atoms with E-state index in [0.717, 1.165) is 22.4 Å². The maximum Gasteiger partial charge on any atom is 0.413 e. The maximum atomic E-state index is 13.2. The molecule has 0 aliphatic carbocycles. The minimum absolute atomic E-state index is 0.241. The van der Waals surface area contributed by atoms with Crippen LogP contribution in [0.5, 0.6) is 5.88 Å². The highest BCUT2D eigenvalue weighted by atomic mass is 35.5. The fourth-order valence-electron chi connectivity index (χ4n) is 3.82. The fourth-order valence-corrected chi connectivity index (χ4v) is 3.95. The molecular formula is C31H31ClN4O4. The highest BCUT2D eigenvalue weighted by molar-refractivity contribution is 6.30. The van der Waals surface area contributed by atoms with E-state index in [9.17, 15) is 9.59 Å². The summed E-state index contributed by atoms with van der Waals surface area (Å²) in [7, 11) is 0. The second-order valence-corrected chi connectivity index (χ2v) is 10.6. The number of nitrogens with one attached hydrogen (secondary N) is 2. The molecule has 0 radical (unpaired) electrons. The Morgan fingerprint density at radius 1 is 0.950 bits per heavy atom. The molecule has 0 saturated heterocycles. The number of carbonyl (C=O) groups is 2. The quantitative estimate of drug-likeness (QED) is 0.235. The Hall–Kier alpha value is -4.43. The Morgan fingerprint density at radius 2 is 1.73 bits per heavy atom. The normalized spacial score (nSPS) is 11.0. The van der Waals surface area contributed by atoms with Crippen molar-refractivity contribution in [1.29, 1.82) is 0 Å². The van der Waals surface area contributed by atoms with E-state index in [1.165, 1.54) is 0 Å². The smallest absolute Gasteiger partial charge is 0.413 e. The summed E-state index contributed by atoms with van der Waals surface area (Å²) < 4.78 is 11.0. The van der Waals surface area contributed by atoms with Crippen molar-refractivity contribution in [2.45, 2.75) is 39.7 Å². The SMILES string of the molecule is Cc1ccc(-c2ccc(Cl)cc2)c(C(=O)Nc2ccc(OCCc3cccc(NC(=O)OC(C)(C)C)n3)nc2)c1. The van der Waals surface area contributed by atoms with Gasteiger partial charge in [0, 0.05) is 28.8 Å². The summed E-state index contributed by atoms with van der Waals surface area (Å²) in [4.78, 5) is 33.9. The summed E-state index contributed by atoms with van der Waals surface area (Å²) in [5.74, 6) is 0.575. The molecule has 2 aromatic carbocycles. The van der Waals surface area contributed by atoms with Gasteiger partial charge in [-0.05, 0) is 75.2 Å². The van der Waals surface area contributed by atoms with Crippen LogP contribution in [0.15, 0.2) is 79.0 Å². The molecule has 2 aromatic heterocycles. The second kappa shape index (κ2) is 12.6. The van der Waals surface area contributed by atoms with Gasteiger partial charge in [-0.3, -0.25) is 10.1 Å². The molecule has 40 heavy (non-hydrogen) atoms. The van der Waals surface area contributed by atoms with Crippen LogP contribution in [-0.4, -0.2) is 34.2 Å². The van der Waals surface area contributed by atoms with E-state index in [-0.39, 0.29) is 5.91 Å². The van der Waals surface area contributed by atoms with Gasteiger partial charge in [0.2, 0.25) is 5.88 Å². The summed E-state index contributed by atoms with van der Waals surface area (Å²) in [6.45, 7) is 7.66. The van der Waals surface area contributed by atoms with Gasteiger partial charge in [0.15, 0.2) is 0 Å². The number of aryl methyl sites for hydroxylation is 1. The van der Waals surface area contributed by atoms with E-state index in [1.54, 1.807) is 63.4 Å². The zero-order chi connectivity index (χ0) is 28.7. The lowest BCUT2D eigenvalue weighted by Gasteiger charge is -2.19. The molecule has 9 heteroatoms. The molecule has 0 aliphatic rings. The predicted octanol–water partition coefficient (Wildman–Crippen LogP) is 7.33. The summed E-state index contributed by atoms with van der Waals surface area (Å²) >= 11 is 6.03. The van der Waals surface area contributed by atoms with Crippen molar-refractivity contribution in [3.05, 3.63) is 101 Å². The van der Waals surface area contributed by atoms with Crippen LogP contribution in [0.3, 0.4) is 0 Å². The number of hydrogen-bond donors (Lipinski definition) is 2. The first kappa shape index (κ1) is 28.6. The van der Waals surface area contributed by atoms with Gasteiger partial charge < -0.3 is 14.8 Å². The van der Waals surface area contributed by atoms with Crippen molar-refractivity contribution in [2.24, 2.45) is 0 Å². The van der Waals surface area contributed by atoms with Gasteiger partial charge in [-0.15, -0.1) is 0 Å². The molecule has 0 saturated carbocycles. The molecule has 0 aliphatic heterocycles. The number of benzene rings is 2. The topological polar surface area (TPSA) is 102 Å². The number of amides is 2. The van der Waals surface area contributed by atoms with Gasteiger partial charge in [0.1, 0.15) is 11.4 Å². The zero-order valence-corrected chi connectivity index (χ0v) is 23.6. The lowest BCUT2D eigenvalue weighted by Crippen LogP contribution is -2.27. The van der Waals surface area contributed by atoms with Gasteiger partial charge >= 0.3 is 6.09 Å². The molecule has 0 fully saturated rings. The van der Waals surface area contributed by atoms with Crippen molar-refractivity contribution in [2.75, 3.05) is 17.2 Å². The van der Waals surface area contributed by atoms with Crippen LogP contribution in [0, 0.1) is 6.92 Å². The van der Waals surface area contributed by atoms with Crippen LogP contribution < -0.4 is 15.4 Å². The molecule has 2 heterocycles. The molecule has 4 rings (SSSR count). The van der Waals surface area contributed by atoms with Gasteiger partial charge in [0.05, 0.1) is 18.5 Å². The Balaban J connectivity index is 1.33. The van der Waals surface area contributed by atoms with Crippen molar-refractivity contribution >= 4 is 35.1 Å². The van der Waals surface area contributed by atoms with Crippen molar-refractivity contribution in [3.63, 3.8) is 0 Å². The lowest BCUT2D eigenvalue weighted by molar-refractivity contribution is 0.0635. The molecule has 2 N–H and O–H groups in total. The van der Waals surface area contributed by atoms with Gasteiger partial charge in [-0.1, -0.05) is 47.5 Å². The number of carbonyl (C=O) groups excluding carboxylic acids is 2. The van der Waals surface area contributed by atoms with E-state index in [2.05, 4.69) is 20.6 Å². The molecule has 0 atom stereocenters. The second-order valence-electron chi connectivity index (χ2n) is 10.1. The third kappa shape index (κ3) is 8.28. The number of hydrogen-bond acceptors (Lipinski definition) is 6. The van der Waals surface area contributed by atoms with Crippen LogP contribution in [0.4, 0.5) is 16.3 Å². The first-order valence-electron chi connectivity index (χ1n) is 12.8. The number of ether oxygens (including phenoxy) is 2. The van der Waals surface area contributed by atoms with Crippen LogP contribution in [0.1, 0.15) is 42.4 Å². The zero-order valence-electron chi connectivity index (χ0n) is 22.8. The van der Waals surface area contributed by atoms with E-state index in [1.807, 2.05) is 43.3 Å². The predicted molar refractivity (Wildman–Crippen MR) is 157 cm³/mol. The van der Waals surface area contributed by atoms with Gasteiger partial charge in [0.25, 0.3) is 5.91 Å². The minimum atomic E-state index is -0.595. The summed E-state index contributed by atoms with van der Waals surface area (Å²) in [6.07, 6.45) is 1.49. The van der Waals surface area contributed by atoms with E-state index < -0.39 is 11.7 Å². The summed E-state index contributed by atoms with van der Waals surface area (Å²) in [5, 5.41) is 6.18.